The van der Waals surface area contributed by atoms with Crippen molar-refractivity contribution in [3.63, 3.8) is 0 Å². The maximum absolute atomic E-state index is 13.1. The molecule has 3 amide bonds. The number of hydrogen-bond acceptors (Lipinski definition) is 10. The molecule has 5 aromatic rings. The molecule has 1 aromatic heterocycles. The summed E-state index contributed by atoms with van der Waals surface area (Å²) in [5, 5.41) is 10.5. The van der Waals surface area contributed by atoms with Gasteiger partial charge in [0.25, 0.3) is 5.91 Å². The first-order valence-electron chi connectivity index (χ1n) is 23.3. The fourth-order valence-corrected chi connectivity index (χ4v) is 9.51. The highest BCUT2D eigenvalue weighted by atomic mass is 127. The molecule has 0 atom stereocenters. The van der Waals surface area contributed by atoms with Gasteiger partial charge in [-0.25, -0.2) is 0 Å². The number of halogens is 5. The van der Waals surface area contributed by atoms with E-state index in [9.17, 15) is 28.8 Å². The molecule has 1 aliphatic rings. The second-order valence-electron chi connectivity index (χ2n) is 16.5. The summed E-state index contributed by atoms with van der Waals surface area (Å²) in [7, 11) is 0. The number of nitrogens with one attached hydrogen (secondary N) is 3. The number of allylic oxidation sites excluding steroid dienone is 2. The number of aromatic nitrogens is 1. The van der Waals surface area contributed by atoms with Crippen LogP contribution in [0, 0.1) is 0 Å². The Morgan fingerprint density at radius 1 is 0.658 bits per heavy atom. The van der Waals surface area contributed by atoms with Gasteiger partial charge in [-0.2, -0.15) is 4.57 Å². The number of Topliss-reactive ketones (excluding diaryl/α,β-unsaturated/α-hetero) is 3. The van der Waals surface area contributed by atoms with Gasteiger partial charge in [-0.15, -0.1) is 0 Å². The molecule has 0 saturated carbocycles. The third kappa shape index (κ3) is 15.6. The summed E-state index contributed by atoms with van der Waals surface area (Å²) in [6.45, 7) is 12.1. The van der Waals surface area contributed by atoms with Crippen molar-refractivity contribution in [3.8, 4) is 11.5 Å². The summed E-state index contributed by atoms with van der Waals surface area (Å²) in [6.07, 6.45) is 6.01. The average molecular weight is 1200 g/mol. The van der Waals surface area contributed by atoms with Crippen LogP contribution in [0.1, 0.15) is 78.7 Å². The van der Waals surface area contributed by atoms with Crippen LogP contribution in [0.25, 0.3) is 17.0 Å². The van der Waals surface area contributed by atoms with Crippen LogP contribution in [-0.2, 0) is 25.7 Å². The standard InChI is InChI=1S/C54H53Cl4N5O8S.HI/c1-5-33(3)53(68)38-17-19-42(51(57)49(38)55)70-31-36(64)12-11-24-59-45(65)22-28-62-27-21-35(37-13-7-8-14-40(37)62)30-48-63(41-15-9-10-16-44(41)72-48)29-23-46(66)60-25-26-61-47(67)32-71-43-20-18-39(50(56)52(43)58)54(69)34(4)6-2;/h7-10,13-21,27,30H,3-6,11-12,22-26,28-29,31-32H2,1-2H3,(H2-,59,60,61,65,66,67);1H. The van der Waals surface area contributed by atoms with Gasteiger partial charge in [0.05, 0.1) is 32.6 Å². The largest absolute Gasteiger partial charge is 1.00 e. The summed E-state index contributed by atoms with van der Waals surface area (Å²) >= 11 is 26.9. The first kappa shape index (κ1) is 58.5. The van der Waals surface area contributed by atoms with E-state index in [1.165, 1.54) is 24.3 Å². The van der Waals surface area contributed by atoms with Crippen LogP contribution in [0.4, 0.5) is 5.69 Å². The number of hydrogen-bond donors (Lipinski definition) is 3. The number of benzene rings is 4. The van der Waals surface area contributed by atoms with Gasteiger partial charge >= 0.3 is 0 Å². The topological polar surface area (TPSA) is 164 Å². The Bertz CT molecular complexity index is 2970. The fraction of sp³-hybridized carbons (Fsp3) is 0.278. The van der Waals surface area contributed by atoms with Crippen LogP contribution < -0.4 is 58.9 Å². The average Bonchev–Trinajstić information content (AvgIpc) is 3.74. The lowest BCUT2D eigenvalue weighted by molar-refractivity contribution is -0.670. The number of carbonyl (C=O) groups excluding carboxylic acids is 6. The Labute approximate surface area is 466 Å². The molecule has 0 radical (unpaired) electrons. The molecule has 0 fully saturated rings. The number of ether oxygens (including phenoxy) is 2. The van der Waals surface area contributed by atoms with Crippen LogP contribution in [0.2, 0.25) is 20.1 Å². The number of ketones is 3. The van der Waals surface area contributed by atoms with Crippen molar-refractivity contribution < 1.29 is 66.8 Å². The number of thioether (sulfide) groups is 1. The lowest BCUT2D eigenvalue weighted by atomic mass is 10.0. The van der Waals surface area contributed by atoms with E-state index in [2.05, 4.69) is 40.1 Å². The van der Waals surface area contributed by atoms with Crippen LogP contribution in [0.5, 0.6) is 11.5 Å². The van der Waals surface area contributed by atoms with Gasteiger partial charge in [0.1, 0.15) is 28.2 Å². The molecule has 2 heterocycles. The van der Waals surface area contributed by atoms with E-state index in [4.69, 9.17) is 55.9 Å². The Kier molecular flexibility index (Phi) is 22.7. The van der Waals surface area contributed by atoms with Crippen molar-refractivity contribution in [3.05, 3.63) is 151 Å². The van der Waals surface area contributed by atoms with Crippen LogP contribution in [0.3, 0.4) is 0 Å². The molecule has 0 unspecified atom stereocenters. The predicted octanol–water partition coefficient (Wildman–Crippen LogP) is 7.59. The molecule has 4 aromatic carbocycles. The molecule has 0 spiro atoms. The minimum Gasteiger partial charge on any atom is -1.00 e. The van der Waals surface area contributed by atoms with E-state index in [-0.39, 0.29) is 141 Å². The first-order valence-corrected chi connectivity index (χ1v) is 25.6. The predicted molar refractivity (Wildman–Crippen MR) is 286 cm³/mol. The summed E-state index contributed by atoms with van der Waals surface area (Å²) in [5.41, 5.74) is 4.12. The van der Waals surface area contributed by atoms with Crippen molar-refractivity contribution in [1.29, 1.82) is 0 Å². The van der Waals surface area contributed by atoms with Crippen molar-refractivity contribution in [1.82, 2.24) is 16.0 Å². The highest BCUT2D eigenvalue weighted by molar-refractivity contribution is 8.03. The monoisotopic (exact) mass is 1200 g/mol. The zero-order valence-corrected chi connectivity index (χ0v) is 46.2. The van der Waals surface area contributed by atoms with E-state index in [1.807, 2.05) is 79.2 Å². The zero-order chi connectivity index (χ0) is 51.9. The van der Waals surface area contributed by atoms with Crippen LogP contribution in [0.15, 0.2) is 119 Å². The smallest absolute Gasteiger partial charge is 0.258 e. The maximum Gasteiger partial charge on any atom is 0.258 e. The second-order valence-corrected chi connectivity index (χ2v) is 19.1. The molecule has 73 heavy (non-hydrogen) atoms. The zero-order valence-electron chi connectivity index (χ0n) is 40.2. The molecular formula is C54H54Cl4IN5O8S. The number of amides is 3. The molecular weight excluding hydrogens is 1150 g/mol. The van der Waals surface area contributed by atoms with Gasteiger partial charge in [-0.1, -0.05) is 109 Å². The molecule has 384 valence electrons. The number of nitrogens with zero attached hydrogens (tertiary/aromatic N) is 2. The van der Waals surface area contributed by atoms with E-state index >= 15 is 0 Å². The number of para-hydroxylation sites is 2. The quantitative estimate of drug-likeness (QED) is 0.0165. The van der Waals surface area contributed by atoms with Crippen LogP contribution >= 0.6 is 58.2 Å². The fourth-order valence-electron chi connectivity index (χ4n) is 7.45. The SMILES string of the molecule is C=C(CC)C(=O)c1ccc(OCC(=O)CCCNC(=O)CC[n+]2ccc(C=C3Sc4ccccc4N3CCC(=O)NCCNC(=O)COc3ccc(C(=O)C(=C)CC)c(Cl)c3Cl)c3ccccc32)c(Cl)c1Cl.[I-]. The van der Waals surface area contributed by atoms with Gasteiger partial charge < -0.3 is 54.3 Å². The molecule has 0 saturated heterocycles. The summed E-state index contributed by atoms with van der Waals surface area (Å²) < 4.78 is 13.2. The van der Waals surface area contributed by atoms with E-state index < -0.39 is 5.91 Å². The van der Waals surface area contributed by atoms with Gasteiger partial charge in [0.2, 0.25) is 17.3 Å². The molecule has 3 N–H and O–H groups in total. The summed E-state index contributed by atoms with van der Waals surface area (Å²) in [5.74, 6) is -1.23. The lowest BCUT2D eigenvalue weighted by Crippen LogP contribution is -3.00. The number of pyridine rings is 1. The van der Waals surface area contributed by atoms with Crippen molar-refractivity contribution in [2.45, 2.75) is 63.8 Å². The Morgan fingerprint density at radius 3 is 1.86 bits per heavy atom. The number of carbonyl (C=O) groups is 6. The Hall–Kier alpha value is -5.43. The molecule has 6 rings (SSSR count). The Balaban J connectivity index is 0.00000988. The van der Waals surface area contributed by atoms with E-state index in [0.717, 1.165) is 32.1 Å². The normalized spacial score (nSPS) is 12.1. The van der Waals surface area contributed by atoms with Crippen molar-refractivity contribution in [2.75, 3.05) is 44.3 Å². The number of anilines is 1. The van der Waals surface area contributed by atoms with Gasteiger partial charge in [0.15, 0.2) is 36.7 Å². The minimum atomic E-state index is -0.434. The van der Waals surface area contributed by atoms with Gasteiger partial charge in [-0.05, 0) is 84.5 Å². The first-order chi connectivity index (χ1) is 34.6. The third-order valence-electron chi connectivity index (χ3n) is 11.6. The van der Waals surface area contributed by atoms with E-state index in [1.54, 1.807) is 11.8 Å². The summed E-state index contributed by atoms with van der Waals surface area (Å²) in [6, 6.07) is 24.0. The second kappa shape index (κ2) is 28.3. The van der Waals surface area contributed by atoms with Crippen molar-refractivity contribution >= 4 is 116 Å². The summed E-state index contributed by atoms with van der Waals surface area (Å²) in [4.78, 5) is 79.3. The van der Waals surface area contributed by atoms with Gasteiger partial charge in [-0.3, -0.25) is 28.8 Å². The number of fused-ring (bicyclic) bond motifs is 2. The van der Waals surface area contributed by atoms with Gasteiger partial charge in [0, 0.05) is 67.2 Å². The number of rotatable bonds is 26. The minimum absolute atomic E-state index is 0. The van der Waals surface area contributed by atoms with Crippen molar-refractivity contribution in [2.24, 2.45) is 0 Å². The maximum atomic E-state index is 13.1. The molecule has 19 heteroatoms. The molecule has 13 nitrogen and oxygen atoms in total. The third-order valence-corrected chi connectivity index (χ3v) is 14.4. The molecule has 0 bridgehead atoms. The van der Waals surface area contributed by atoms with E-state index in [0.29, 0.717) is 50.0 Å². The highest BCUT2D eigenvalue weighted by Crippen LogP contribution is 2.47. The highest BCUT2D eigenvalue weighted by Gasteiger charge is 2.27. The Morgan fingerprint density at radius 2 is 1.22 bits per heavy atom. The molecule has 1 aliphatic heterocycles. The van der Waals surface area contributed by atoms with Crippen LogP contribution in [-0.4, -0.2) is 74.5 Å². The number of aryl methyl sites for hydroxylation is 1. The molecule has 0 aliphatic carbocycles. The lowest BCUT2D eigenvalue weighted by Gasteiger charge is -2.20.